The molecule has 182 valence electrons. The van der Waals surface area contributed by atoms with Crippen molar-refractivity contribution < 1.29 is 9.59 Å². The van der Waals surface area contributed by atoms with E-state index in [1.165, 1.54) is 0 Å². The number of imidazole rings is 1. The van der Waals surface area contributed by atoms with Crippen LogP contribution in [0.25, 0.3) is 11.3 Å². The smallest absolute Gasteiger partial charge is 0.251 e. The van der Waals surface area contributed by atoms with E-state index < -0.39 is 0 Å². The Balaban J connectivity index is 1.40. The molecular formula is C28H33N5O2. The zero-order valence-electron chi connectivity index (χ0n) is 20.1. The van der Waals surface area contributed by atoms with Gasteiger partial charge in [0.25, 0.3) is 5.91 Å². The number of aromatic nitrogens is 2. The number of aryl methyl sites for hydroxylation is 1. The molecule has 0 spiro atoms. The van der Waals surface area contributed by atoms with Crippen LogP contribution in [0.15, 0.2) is 48.5 Å². The van der Waals surface area contributed by atoms with E-state index in [2.05, 4.69) is 27.8 Å². The number of carbonyl (C=O) groups excluding carboxylic acids is 2. The Labute approximate surface area is 205 Å². The number of fused-ring (bicyclic) bond motifs is 1. The van der Waals surface area contributed by atoms with Crippen LogP contribution < -0.4 is 16.4 Å². The van der Waals surface area contributed by atoms with Gasteiger partial charge in [-0.2, -0.15) is 0 Å². The van der Waals surface area contributed by atoms with Crippen LogP contribution in [0.5, 0.6) is 0 Å². The normalized spacial score (nSPS) is 20.2. The topological polar surface area (TPSA) is 113 Å². The highest BCUT2D eigenvalue weighted by molar-refractivity contribution is 5.99. The van der Waals surface area contributed by atoms with E-state index >= 15 is 0 Å². The van der Waals surface area contributed by atoms with Gasteiger partial charge in [0.1, 0.15) is 5.82 Å². The van der Waals surface area contributed by atoms with Crippen molar-refractivity contribution in [3.63, 3.8) is 0 Å². The molecule has 35 heavy (non-hydrogen) atoms. The molecule has 2 heterocycles. The third-order valence-corrected chi connectivity index (χ3v) is 7.45. The molecule has 0 bridgehead atoms. The van der Waals surface area contributed by atoms with E-state index in [4.69, 9.17) is 10.7 Å². The minimum atomic E-state index is -0.276. The first-order valence-electron chi connectivity index (χ1n) is 12.5. The predicted octanol–water partition coefficient (Wildman–Crippen LogP) is 3.79. The van der Waals surface area contributed by atoms with E-state index in [1.807, 2.05) is 43.3 Å². The molecule has 1 atom stereocenters. The van der Waals surface area contributed by atoms with Gasteiger partial charge in [-0.25, -0.2) is 4.98 Å². The van der Waals surface area contributed by atoms with Crippen molar-refractivity contribution in [3.05, 3.63) is 76.7 Å². The van der Waals surface area contributed by atoms with Gasteiger partial charge in [-0.1, -0.05) is 42.5 Å². The lowest BCUT2D eigenvalue weighted by molar-refractivity contribution is -0.127. The largest absolute Gasteiger partial charge is 0.348 e. The quantitative estimate of drug-likeness (QED) is 0.420. The van der Waals surface area contributed by atoms with Gasteiger partial charge in [0.2, 0.25) is 5.91 Å². The molecule has 5 N–H and O–H groups in total. The Kier molecular flexibility index (Phi) is 6.68. The summed E-state index contributed by atoms with van der Waals surface area (Å²) in [5.74, 6) is 1.32. The number of carbonyl (C=O) groups is 2. The molecular weight excluding hydrogens is 438 g/mol. The minimum Gasteiger partial charge on any atom is -0.348 e. The van der Waals surface area contributed by atoms with E-state index in [9.17, 15) is 9.59 Å². The zero-order valence-corrected chi connectivity index (χ0v) is 20.1. The summed E-state index contributed by atoms with van der Waals surface area (Å²) < 4.78 is 0. The van der Waals surface area contributed by atoms with Crippen molar-refractivity contribution in [2.75, 3.05) is 6.54 Å². The average Bonchev–Trinajstić information content (AvgIpc) is 3.46. The number of hydrogen-bond acceptors (Lipinski definition) is 4. The molecule has 3 aromatic rings. The van der Waals surface area contributed by atoms with Gasteiger partial charge < -0.3 is 21.4 Å². The SMILES string of the molecule is Cc1[nH]c(C(Cc2ccccc2)NC(=O)[C@H]2CC[C@H](CN)CC2)nc1-c1ccc2c(c1)C(=O)NC2. The third-order valence-electron chi connectivity index (χ3n) is 7.45. The molecule has 7 heteroatoms. The van der Waals surface area contributed by atoms with Crippen molar-refractivity contribution in [2.45, 2.75) is 51.6 Å². The van der Waals surface area contributed by atoms with Crippen LogP contribution in [-0.4, -0.2) is 28.3 Å². The number of H-pyrrole nitrogens is 1. The molecule has 2 amide bonds. The molecule has 0 saturated heterocycles. The van der Waals surface area contributed by atoms with Crippen LogP contribution in [-0.2, 0) is 17.8 Å². The maximum absolute atomic E-state index is 13.3. The van der Waals surface area contributed by atoms with E-state index in [-0.39, 0.29) is 23.8 Å². The van der Waals surface area contributed by atoms with Crippen molar-refractivity contribution in [2.24, 2.45) is 17.6 Å². The number of benzene rings is 2. The Hall–Kier alpha value is -3.45. The van der Waals surface area contributed by atoms with Gasteiger partial charge in [0, 0.05) is 29.3 Å². The summed E-state index contributed by atoms with van der Waals surface area (Å²) in [4.78, 5) is 33.8. The molecule has 1 unspecified atom stereocenters. The first-order chi connectivity index (χ1) is 17.0. The molecule has 5 rings (SSSR count). The molecule has 0 radical (unpaired) electrons. The van der Waals surface area contributed by atoms with Crippen LogP contribution in [0.3, 0.4) is 0 Å². The number of amides is 2. The minimum absolute atomic E-state index is 0.0156. The highest BCUT2D eigenvalue weighted by atomic mass is 16.2. The number of nitrogens with zero attached hydrogens (tertiary/aromatic N) is 1. The summed E-state index contributed by atoms with van der Waals surface area (Å²) in [6, 6.07) is 15.8. The first-order valence-corrected chi connectivity index (χ1v) is 12.5. The number of rotatable bonds is 7. The summed E-state index contributed by atoms with van der Waals surface area (Å²) in [5, 5.41) is 6.16. The second-order valence-corrected chi connectivity index (χ2v) is 9.85. The van der Waals surface area contributed by atoms with Gasteiger partial charge in [0.15, 0.2) is 0 Å². The Bertz CT molecular complexity index is 1210. The molecule has 1 saturated carbocycles. The number of nitrogens with two attached hydrogens (primary N) is 1. The van der Waals surface area contributed by atoms with Gasteiger partial charge in [0.05, 0.1) is 11.7 Å². The second kappa shape index (κ2) is 10.0. The summed E-state index contributed by atoms with van der Waals surface area (Å²) in [6.07, 6.45) is 4.42. The zero-order chi connectivity index (χ0) is 24.4. The van der Waals surface area contributed by atoms with Gasteiger partial charge in [-0.15, -0.1) is 0 Å². The monoisotopic (exact) mass is 471 g/mol. The van der Waals surface area contributed by atoms with Crippen LogP contribution in [0.1, 0.15) is 64.7 Å². The van der Waals surface area contributed by atoms with E-state index in [0.29, 0.717) is 31.0 Å². The highest BCUT2D eigenvalue weighted by Gasteiger charge is 2.29. The van der Waals surface area contributed by atoms with Crippen molar-refractivity contribution in [1.29, 1.82) is 0 Å². The molecule has 1 fully saturated rings. The van der Waals surface area contributed by atoms with Crippen LogP contribution in [0.4, 0.5) is 0 Å². The maximum Gasteiger partial charge on any atom is 0.251 e. The lowest BCUT2D eigenvalue weighted by Crippen LogP contribution is -2.37. The lowest BCUT2D eigenvalue weighted by Gasteiger charge is -2.28. The maximum atomic E-state index is 13.3. The van der Waals surface area contributed by atoms with Crippen LogP contribution in [0.2, 0.25) is 0 Å². The summed E-state index contributed by atoms with van der Waals surface area (Å²) in [5.41, 5.74) is 11.3. The van der Waals surface area contributed by atoms with Gasteiger partial charge in [-0.05, 0) is 68.7 Å². The Morgan fingerprint density at radius 1 is 1.14 bits per heavy atom. The first kappa shape index (κ1) is 23.3. The lowest BCUT2D eigenvalue weighted by atomic mass is 9.81. The number of nitrogens with one attached hydrogen (secondary N) is 3. The van der Waals surface area contributed by atoms with E-state index in [0.717, 1.165) is 59.6 Å². The van der Waals surface area contributed by atoms with Gasteiger partial charge >= 0.3 is 0 Å². The Morgan fingerprint density at radius 2 is 1.91 bits per heavy atom. The summed E-state index contributed by atoms with van der Waals surface area (Å²) in [6.45, 7) is 3.25. The van der Waals surface area contributed by atoms with Crippen LogP contribution in [0, 0.1) is 18.8 Å². The van der Waals surface area contributed by atoms with Crippen molar-refractivity contribution in [3.8, 4) is 11.3 Å². The third kappa shape index (κ3) is 5.00. The molecule has 1 aliphatic heterocycles. The van der Waals surface area contributed by atoms with E-state index in [1.54, 1.807) is 0 Å². The highest BCUT2D eigenvalue weighted by Crippen LogP contribution is 2.31. The van der Waals surface area contributed by atoms with Crippen molar-refractivity contribution >= 4 is 11.8 Å². The van der Waals surface area contributed by atoms with Crippen molar-refractivity contribution in [1.82, 2.24) is 20.6 Å². The molecule has 2 aliphatic rings. The van der Waals surface area contributed by atoms with Gasteiger partial charge in [-0.3, -0.25) is 9.59 Å². The fourth-order valence-corrected chi connectivity index (χ4v) is 5.31. The molecule has 7 nitrogen and oxygen atoms in total. The Morgan fingerprint density at radius 3 is 2.66 bits per heavy atom. The second-order valence-electron chi connectivity index (χ2n) is 9.85. The summed E-state index contributed by atoms with van der Waals surface area (Å²) >= 11 is 0. The number of aromatic amines is 1. The van der Waals surface area contributed by atoms with Crippen LogP contribution >= 0.6 is 0 Å². The summed E-state index contributed by atoms with van der Waals surface area (Å²) in [7, 11) is 0. The fraction of sp³-hybridized carbons (Fsp3) is 0.393. The number of hydrogen-bond donors (Lipinski definition) is 4. The molecule has 1 aromatic heterocycles. The molecule has 1 aliphatic carbocycles. The predicted molar refractivity (Wildman–Crippen MR) is 135 cm³/mol. The average molecular weight is 472 g/mol. The molecule has 2 aromatic carbocycles. The standard InChI is InChI=1S/C28H33N5O2/c1-17-25(21-11-12-22-16-30-28(35)23(22)14-21)33-26(31-17)24(13-18-5-3-2-4-6-18)32-27(34)20-9-7-19(15-29)8-10-20/h2-6,11-12,14,19-20,24H,7-10,13,15-16,29H2,1H3,(H,30,35)(H,31,33)(H,32,34)/t19-,20-,24?. The fourth-order valence-electron chi connectivity index (χ4n) is 5.31.